The van der Waals surface area contributed by atoms with Gasteiger partial charge in [0.25, 0.3) is 14.2 Å². The van der Waals surface area contributed by atoms with Crippen LogP contribution < -0.4 is 14.8 Å². The van der Waals surface area contributed by atoms with Crippen LogP contribution in [0.5, 0.6) is 11.8 Å². The summed E-state index contributed by atoms with van der Waals surface area (Å²) in [6, 6.07) is 0. The number of aromatic nitrogens is 3. The lowest BCUT2D eigenvalue weighted by molar-refractivity contribution is -0.140. The molecule has 0 spiro atoms. The highest BCUT2D eigenvalue weighted by atomic mass is 32.1. The van der Waals surface area contributed by atoms with E-state index in [9.17, 15) is 18.0 Å². The molecule has 0 aromatic carbocycles. The maximum atomic E-state index is 13.5. The SMILES string of the molecule is COc1ncnc(OC)c1C(=O)Nc1nc(C(F)(F)F)c(C#CO[Si](C)(C)C(C)(C)C)s1. The molecule has 0 fully saturated rings. The molecule has 2 heterocycles. The van der Waals surface area contributed by atoms with Crippen LogP contribution in [0, 0.1) is 12.0 Å². The summed E-state index contributed by atoms with van der Waals surface area (Å²) < 4.78 is 56.1. The van der Waals surface area contributed by atoms with Gasteiger partial charge in [0.2, 0.25) is 11.8 Å². The molecule has 0 saturated carbocycles. The fourth-order valence-corrected chi connectivity index (χ4v) is 3.46. The van der Waals surface area contributed by atoms with Crippen LogP contribution in [0.2, 0.25) is 18.1 Å². The normalized spacial score (nSPS) is 11.9. The van der Waals surface area contributed by atoms with Gasteiger partial charge in [0.15, 0.2) is 16.4 Å². The number of methoxy groups -OCH3 is 2. The first-order valence-corrected chi connectivity index (χ1v) is 12.9. The van der Waals surface area contributed by atoms with Gasteiger partial charge in [0.05, 0.1) is 14.2 Å². The summed E-state index contributed by atoms with van der Waals surface area (Å²) in [5.41, 5.74) is -1.40. The number of thiazole rings is 1. The van der Waals surface area contributed by atoms with Gasteiger partial charge in [0.1, 0.15) is 17.3 Å². The van der Waals surface area contributed by atoms with Crippen molar-refractivity contribution in [1.82, 2.24) is 15.0 Å². The zero-order valence-electron chi connectivity index (χ0n) is 18.6. The quantitative estimate of drug-likeness (QED) is 0.487. The molecule has 0 aliphatic heterocycles. The predicted molar refractivity (Wildman–Crippen MR) is 115 cm³/mol. The highest BCUT2D eigenvalue weighted by Crippen LogP contribution is 2.38. The zero-order valence-corrected chi connectivity index (χ0v) is 20.4. The number of hydrogen-bond acceptors (Lipinski definition) is 8. The van der Waals surface area contributed by atoms with Crippen molar-refractivity contribution in [2.24, 2.45) is 0 Å². The number of amides is 1. The van der Waals surface area contributed by atoms with E-state index in [4.69, 9.17) is 13.9 Å². The van der Waals surface area contributed by atoms with Gasteiger partial charge in [-0.15, -0.1) is 0 Å². The molecule has 0 atom stereocenters. The lowest BCUT2D eigenvalue weighted by Crippen LogP contribution is -2.39. The number of hydrogen-bond donors (Lipinski definition) is 1. The number of ether oxygens (including phenoxy) is 2. The minimum Gasteiger partial charge on any atom is -0.500 e. The Morgan fingerprint density at radius 2 is 1.69 bits per heavy atom. The number of carbonyl (C=O) groups excluding carboxylic acids is 1. The van der Waals surface area contributed by atoms with E-state index in [-0.39, 0.29) is 32.4 Å². The monoisotopic (exact) mass is 488 g/mol. The van der Waals surface area contributed by atoms with Crippen molar-refractivity contribution in [3.05, 3.63) is 22.5 Å². The Balaban J connectivity index is 2.38. The van der Waals surface area contributed by atoms with Gasteiger partial charge in [-0.3, -0.25) is 10.1 Å². The molecule has 174 valence electrons. The number of carbonyl (C=O) groups is 1. The number of nitrogens with zero attached hydrogens (tertiary/aromatic N) is 3. The van der Waals surface area contributed by atoms with E-state index in [1.165, 1.54) is 14.2 Å². The molecule has 8 nitrogen and oxygen atoms in total. The summed E-state index contributed by atoms with van der Waals surface area (Å²) >= 11 is 0.571. The van der Waals surface area contributed by atoms with E-state index in [0.29, 0.717) is 11.3 Å². The van der Waals surface area contributed by atoms with Crippen molar-refractivity contribution < 1.29 is 31.9 Å². The van der Waals surface area contributed by atoms with Gasteiger partial charge in [-0.25, -0.2) is 15.0 Å². The molecule has 2 aromatic rings. The minimum atomic E-state index is -4.77. The van der Waals surface area contributed by atoms with Crippen LogP contribution in [0.25, 0.3) is 0 Å². The van der Waals surface area contributed by atoms with Crippen molar-refractivity contribution in [2.75, 3.05) is 19.5 Å². The summed E-state index contributed by atoms with van der Waals surface area (Å²) in [6.45, 7) is 9.80. The first-order chi connectivity index (χ1) is 14.7. The van der Waals surface area contributed by atoms with E-state index in [0.717, 1.165) is 6.33 Å². The van der Waals surface area contributed by atoms with Crippen LogP contribution in [0.1, 0.15) is 41.7 Å². The molecule has 1 N–H and O–H groups in total. The first kappa shape index (κ1) is 25.4. The Bertz CT molecular complexity index is 1030. The lowest BCUT2D eigenvalue weighted by atomic mass is 10.2. The topological polar surface area (TPSA) is 95.5 Å². The molecule has 0 unspecified atom stereocenters. The van der Waals surface area contributed by atoms with Crippen LogP contribution in [-0.4, -0.2) is 43.4 Å². The van der Waals surface area contributed by atoms with Crippen LogP contribution in [0.15, 0.2) is 6.33 Å². The largest absolute Gasteiger partial charge is 0.500 e. The minimum absolute atomic E-state index is 0.107. The second kappa shape index (κ2) is 9.33. The fourth-order valence-electron chi connectivity index (χ4n) is 2.02. The highest BCUT2D eigenvalue weighted by molar-refractivity contribution is 7.16. The third kappa shape index (κ3) is 5.68. The van der Waals surface area contributed by atoms with Crippen LogP contribution in [-0.2, 0) is 10.6 Å². The summed E-state index contributed by atoms with van der Waals surface area (Å²) in [5.74, 6) is 1.34. The van der Waals surface area contributed by atoms with E-state index in [1.807, 2.05) is 33.9 Å². The smallest absolute Gasteiger partial charge is 0.435 e. The van der Waals surface area contributed by atoms with E-state index < -0.39 is 26.1 Å². The maximum Gasteiger partial charge on any atom is 0.435 e. The second-order valence-corrected chi connectivity index (χ2v) is 13.7. The summed E-state index contributed by atoms with van der Waals surface area (Å²) in [4.78, 5) is 23.4. The molecule has 1 amide bonds. The molecule has 0 saturated heterocycles. The van der Waals surface area contributed by atoms with Crippen molar-refractivity contribution in [3.63, 3.8) is 0 Å². The van der Waals surface area contributed by atoms with Gasteiger partial charge in [-0.2, -0.15) is 13.2 Å². The van der Waals surface area contributed by atoms with E-state index >= 15 is 0 Å². The van der Waals surface area contributed by atoms with Crippen molar-refractivity contribution >= 4 is 30.7 Å². The van der Waals surface area contributed by atoms with Gasteiger partial charge in [-0.1, -0.05) is 32.1 Å². The summed E-state index contributed by atoms with van der Waals surface area (Å²) in [5, 5.41) is 1.82. The number of anilines is 1. The summed E-state index contributed by atoms with van der Waals surface area (Å²) in [6.07, 6.45) is -1.25. The number of alkyl halides is 3. The fraction of sp³-hybridized carbons (Fsp3) is 0.474. The lowest BCUT2D eigenvalue weighted by Gasteiger charge is -2.33. The van der Waals surface area contributed by atoms with Crippen molar-refractivity contribution in [1.29, 1.82) is 0 Å². The third-order valence-corrected chi connectivity index (χ3v) is 9.90. The Hall–Kier alpha value is -2.85. The van der Waals surface area contributed by atoms with Crippen LogP contribution in [0.3, 0.4) is 0 Å². The molecule has 0 radical (unpaired) electrons. The van der Waals surface area contributed by atoms with Crippen LogP contribution in [0.4, 0.5) is 18.3 Å². The van der Waals surface area contributed by atoms with E-state index in [1.54, 1.807) is 0 Å². The molecule has 2 rings (SSSR count). The zero-order chi connectivity index (χ0) is 24.3. The molecule has 2 aromatic heterocycles. The van der Waals surface area contributed by atoms with Crippen molar-refractivity contribution in [3.8, 4) is 23.8 Å². The second-order valence-electron chi connectivity index (χ2n) is 8.01. The molecule has 13 heteroatoms. The first-order valence-electron chi connectivity index (χ1n) is 9.22. The molecule has 32 heavy (non-hydrogen) atoms. The number of halogens is 3. The van der Waals surface area contributed by atoms with Gasteiger partial charge >= 0.3 is 6.18 Å². The van der Waals surface area contributed by atoms with E-state index in [2.05, 4.69) is 32.3 Å². The Labute approximate surface area is 188 Å². The maximum absolute atomic E-state index is 13.5. The summed E-state index contributed by atoms with van der Waals surface area (Å²) in [7, 11) is 0.266. The molecule has 0 aliphatic carbocycles. The van der Waals surface area contributed by atoms with Gasteiger partial charge < -0.3 is 13.9 Å². The average molecular weight is 489 g/mol. The highest BCUT2D eigenvalue weighted by Gasteiger charge is 2.40. The Morgan fingerprint density at radius 3 is 2.16 bits per heavy atom. The van der Waals surface area contributed by atoms with Gasteiger partial charge in [-0.05, 0) is 24.1 Å². The molecule has 0 aliphatic rings. The molecule has 0 bridgehead atoms. The standard InChI is InChI=1S/C19H23F3N4O4SSi/c1-18(2,3)32(6,7)30-9-8-11-13(19(20,21)22)25-17(31-11)26-14(27)12-15(28-4)23-10-24-16(12)29-5/h10H,1-7H3,(H,25,26,27). The van der Waals surface area contributed by atoms with Crippen LogP contribution >= 0.6 is 11.3 Å². The Morgan fingerprint density at radius 1 is 1.12 bits per heavy atom. The molecular formula is C19H23F3N4O4SSi. The Kier molecular flexibility index (Phi) is 7.41. The number of nitrogens with one attached hydrogen (secondary N) is 1. The molecular weight excluding hydrogens is 465 g/mol. The van der Waals surface area contributed by atoms with Gasteiger partial charge in [0, 0.05) is 0 Å². The predicted octanol–water partition coefficient (Wildman–Crippen LogP) is 4.55. The number of rotatable bonds is 5. The average Bonchev–Trinajstić information content (AvgIpc) is 3.09. The van der Waals surface area contributed by atoms with Crippen molar-refractivity contribution in [2.45, 2.75) is 45.1 Å². The third-order valence-electron chi connectivity index (χ3n) is 4.78.